The molecule has 0 fully saturated rings. The lowest BCUT2D eigenvalue weighted by Crippen LogP contribution is -2.40. The minimum atomic E-state index is -4.40. The van der Waals surface area contributed by atoms with Crippen LogP contribution in [0, 0.1) is 6.92 Å². The van der Waals surface area contributed by atoms with Crippen LogP contribution in [0.3, 0.4) is 0 Å². The highest BCUT2D eigenvalue weighted by atomic mass is 19.4. The van der Waals surface area contributed by atoms with Crippen LogP contribution >= 0.6 is 0 Å². The number of hydrogen-bond acceptors (Lipinski definition) is 3. The molecule has 0 aliphatic carbocycles. The molecule has 1 atom stereocenters. The summed E-state index contributed by atoms with van der Waals surface area (Å²) < 4.78 is 43.9. The molecule has 0 saturated heterocycles. The third-order valence-electron chi connectivity index (χ3n) is 5.08. The third-order valence-corrected chi connectivity index (χ3v) is 5.08. The van der Waals surface area contributed by atoms with Crippen molar-refractivity contribution in [2.75, 3.05) is 6.54 Å². The van der Waals surface area contributed by atoms with Gasteiger partial charge in [-0.05, 0) is 42.2 Å². The normalized spacial score (nSPS) is 16.7. The van der Waals surface area contributed by atoms with Gasteiger partial charge >= 0.3 is 6.18 Å². The fourth-order valence-corrected chi connectivity index (χ4v) is 3.66. The lowest BCUT2D eigenvalue weighted by Gasteiger charge is -2.37. The van der Waals surface area contributed by atoms with Crippen LogP contribution in [-0.4, -0.2) is 22.5 Å². The van der Waals surface area contributed by atoms with Gasteiger partial charge in [-0.2, -0.15) is 13.2 Å². The summed E-state index contributed by atoms with van der Waals surface area (Å²) in [4.78, 5) is 14.8. The lowest BCUT2D eigenvalue weighted by molar-refractivity contribution is -0.137. The average Bonchev–Trinajstić information content (AvgIpc) is 3.12. The first kappa shape index (κ1) is 18.3. The number of benzene rings is 2. The van der Waals surface area contributed by atoms with Gasteiger partial charge in [-0.3, -0.25) is 4.79 Å². The van der Waals surface area contributed by atoms with E-state index in [0.717, 1.165) is 23.3 Å². The van der Waals surface area contributed by atoms with Crippen LogP contribution in [0.5, 0.6) is 0 Å². The maximum Gasteiger partial charge on any atom is 0.416 e. The molecule has 4 rings (SSSR count). The third kappa shape index (κ3) is 3.17. The van der Waals surface area contributed by atoms with Gasteiger partial charge in [-0.15, -0.1) is 0 Å². The number of carbonyl (C=O) groups is 1. The second-order valence-electron chi connectivity index (χ2n) is 6.77. The summed E-state index contributed by atoms with van der Waals surface area (Å²) in [6, 6.07) is 12.2. The molecule has 1 unspecified atom stereocenters. The van der Waals surface area contributed by atoms with E-state index in [1.54, 1.807) is 11.8 Å². The largest absolute Gasteiger partial charge is 0.416 e. The molecule has 2 heterocycles. The van der Waals surface area contributed by atoms with Gasteiger partial charge in [0.1, 0.15) is 11.3 Å². The fourth-order valence-electron chi connectivity index (χ4n) is 3.66. The predicted molar refractivity (Wildman–Crippen MR) is 95.7 cm³/mol. The van der Waals surface area contributed by atoms with Crippen molar-refractivity contribution in [1.29, 1.82) is 0 Å². The van der Waals surface area contributed by atoms with Crippen molar-refractivity contribution in [2.24, 2.45) is 0 Å². The molecule has 0 saturated carbocycles. The number of hydrogen-bond donors (Lipinski definition) is 0. The smallest absolute Gasteiger partial charge is 0.361 e. The van der Waals surface area contributed by atoms with Crippen LogP contribution in [0.25, 0.3) is 0 Å². The highest BCUT2D eigenvalue weighted by Gasteiger charge is 2.35. The zero-order valence-electron chi connectivity index (χ0n) is 15.0. The van der Waals surface area contributed by atoms with E-state index < -0.39 is 17.8 Å². The summed E-state index contributed by atoms with van der Waals surface area (Å²) >= 11 is 0. The molecule has 1 aromatic heterocycles. The molecule has 0 radical (unpaired) electrons. The van der Waals surface area contributed by atoms with Crippen molar-refractivity contribution >= 4 is 5.91 Å². The van der Waals surface area contributed by atoms with Gasteiger partial charge in [-0.1, -0.05) is 41.6 Å². The molecule has 1 aliphatic rings. The molecule has 0 bridgehead atoms. The molecular weight excluding hydrogens is 369 g/mol. The Bertz CT molecular complexity index is 1010. The maximum atomic E-state index is 13.1. The number of aromatic nitrogens is 1. The second kappa shape index (κ2) is 6.82. The van der Waals surface area contributed by atoms with E-state index in [-0.39, 0.29) is 5.91 Å². The molecule has 0 N–H and O–H groups in total. The molecule has 28 heavy (non-hydrogen) atoms. The summed E-state index contributed by atoms with van der Waals surface area (Å²) in [5, 5.41) is 3.67. The number of fused-ring (bicyclic) bond motifs is 1. The number of amides is 1. The Morgan fingerprint density at radius 2 is 1.86 bits per heavy atom. The number of alkyl halides is 3. The van der Waals surface area contributed by atoms with Crippen molar-refractivity contribution < 1.29 is 22.5 Å². The standard InChI is InChI=1S/C21H17F3N2O2/c1-13-18(12-25-28-13)20(27)26-11-10-14-4-2-3-5-17(14)19(26)15-6-8-16(9-7-15)21(22,23)24/h2-9,12,19H,10-11H2,1H3. The molecule has 1 amide bonds. The minimum Gasteiger partial charge on any atom is -0.361 e. The summed E-state index contributed by atoms with van der Waals surface area (Å²) in [6.07, 6.45) is -2.36. The van der Waals surface area contributed by atoms with Crippen LogP contribution in [0.2, 0.25) is 0 Å². The summed E-state index contributed by atoms with van der Waals surface area (Å²) in [5.41, 5.74) is 2.27. The van der Waals surface area contributed by atoms with Crippen LogP contribution in [-0.2, 0) is 12.6 Å². The topological polar surface area (TPSA) is 46.3 Å². The van der Waals surface area contributed by atoms with E-state index in [0.29, 0.717) is 29.9 Å². The van der Waals surface area contributed by atoms with Gasteiger partial charge in [-0.25, -0.2) is 0 Å². The second-order valence-corrected chi connectivity index (χ2v) is 6.77. The Morgan fingerprint density at radius 3 is 2.50 bits per heavy atom. The molecule has 4 nitrogen and oxygen atoms in total. The molecule has 1 aliphatic heterocycles. The fraction of sp³-hybridized carbons (Fsp3) is 0.238. The Hall–Kier alpha value is -3.09. The summed E-state index contributed by atoms with van der Waals surface area (Å²) in [5.74, 6) is 0.160. The van der Waals surface area contributed by atoms with E-state index in [1.807, 2.05) is 24.3 Å². The van der Waals surface area contributed by atoms with E-state index >= 15 is 0 Å². The van der Waals surface area contributed by atoms with Crippen LogP contribution in [0.15, 0.2) is 59.3 Å². The Morgan fingerprint density at radius 1 is 1.14 bits per heavy atom. The predicted octanol–water partition coefficient (Wildman–Crippen LogP) is 4.79. The van der Waals surface area contributed by atoms with E-state index in [9.17, 15) is 18.0 Å². The van der Waals surface area contributed by atoms with Crippen LogP contribution in [0.1, 0.15) is 44.4 Å². The Kier molecular flexibility index (Phi) is 4.45. The van der Waals surface area contributed by atoms with Gasteiger partial charge < -0.3 is 9.42 Å². The molecule has 3 aromatic rings. The van der Waals surface area contributed by atoms with Crippen molar-refractivity contribution in [2.45, 2.75) is 25.6 Å². The van der Waals surface area contributed by atoms with Gasteiger partial charge in [0.05, 0.1) is 17.8 Å². The van der Waals surface area contributed by atoms with E-state index in [1.165, 1.54) is 18.3 Å². The van der Waals surface area contributed by atoms with E-state index in [2.05, 4.69) is 5.16 Å². The quantitative estimate of drug-likeness (QED) is 0.636. The number of aryl methyl sites for hydroxylation is 1. The molecule has 7 heteroatoms. The summed E-state index contributed by atoms with van der Waals surface area (Å²) in [7, 11) is 0. The lowest BCUT2D eigenvalue weighted by atomic mass is 9.87. The van der Waals surface area contributed by atoms with E-state index in [4.69, 9.17) is 4.52 Å². The monoisotopic (exact) mass is 386 g/mol. The minimum absolute atomic E-state index is 0.252. The molecule has 144 valence electrons. The molecule has 2 aromatic carbocycles. The molecule has 0 spiro atoms. The number of rotatable bonds is 2. The Balaban J connectivity index is 1.79. The highest BCUT2D eigenvalue weighted by Crippen LogP contribution is 2.37. The first-order chi connectivity index (χ1) is 13.4. The zero-order valence-corrected chi connectivity index (χ0v) is 15.0. The summed E-state index contributed by atoms with van der Waals surface area (Å²) in [6.45, 7) is 2.11. The SMILES string of the molecule is Cc1oncc1C(=O)N1CCc2ccccc2C1c1ccc(C(F)(F)F)cc1. The van der Waals surface area contributed by atoms with Gasteiger partial charge in [0.2, 0.25) is 0 Å². The number of nitrogens with zero attached hydrogens (tertiary/aromatic N) is 2. The van der Waals surface area contributed by atoms with Crippen molar-refractivity contribution in [3.05, 3.63) is 88.3 Å². The number of halogens is 3. The van der Waals surface area contributed by atoms with Gasteiger partial charge in [0.25, 0.3) is 5.91 Å². The zero-order chi connectivity index (χ0) is 19.9. The van der Waals surface area contributed by atoms with Crippen molar-refractivity contribution in [3.63, 3.8) is 0 Å². The van der Waals surface area contributed by atoms with Gasteiger partial charge in [0.15, 0.2) is 0 Å². The van der Waals surface area contributed by atoms with Crippen LogP contribution in [0.4, 0.5) is 13.2 Å². The highest BCUT2D eigenvalue weighted by molar-refractivity contribution is 5.95. The van der Waals surface area contributed by atoms with Crippen molar-refractivity contribution in [3.8, 4) is 0 Å². The van der Waals surface area contributed by atoms with Crippen molar-refractivity contribution in [1.82, 2.24) is 10.1 Å². The first-order valence-electron chi connectivity index (χ1n) is 8.83. The number of carbonyl (C=O) groups excluding carboxylic acids is 1. The first-order valence-corrected chi connectivity index (χ1v) is 8.83. The molecular formula is C21H17F3N2O2. The van der Waals surface area contributed by atoms with Crippen LogP contribution < -0.4 is 0 Å². The average molecular weight is 386 g/mol. The Labute approximate surface area is 159 Å². The maximum absolute atomic E-state index is 13.1. The van der Waals surface area contributed by atoms with Gasteiger partial charge in [0, 0.05) is 6.54 Å².